The molecular weight excluding hydrogens is 234 g/mol. The molecule has 0 atom stereocenters. The Morgan fingerprint density at radius 1 is 1.39 bits per heavy atom. The molecule has 0 aliphatic heterocycles. The number of benzene rings is 1. The largest absolute Gasteiger partial charge is 0.495 e. The van der Waals surface area contributed by atoms with Crippen LogP contribution in [0.15, 0.2) is 18.2 Å². The lowest BCUT2D eigenvalue weighted by Crippen LogP contribution is -2.29. The van der Waals surface area contributed by atoms with Gasteiger partial charge in [-0.15, -0.1) is 0 Å². The summed E-state index contributed by atoms with van der Waals surface area (Å²) in [7, 11) is 3.03. The van der Waals surface area contributed by atoms with Gasteiger partial charge in [0.15, 0.2) is 0 Å². The average molecular weight is 251 g/mol. The maximum absolute atomic E-state index is 11.8. The fraction of sp³-hybridized carbons (Fsp3) is 0.333. The van der Waals surface area contributed by atoms with Crippen molar-refractivity contribution in [2.45, 2.75) is 6.42 Å². The molecule has 0 radical (unpaired) electrons. The van der Waals surface area contributed by atoms with Crippen molar-refractivity contribution < 1.29 is 14.3 Å². The van der Waals surface area contributed by atoms with Gasteiger partial charge in [-0.2, -0.15) is 0 Å². The molecule has 0 saturated carbocycles. The van der Waals surface area contributed by atoms with Crippen molar-refractivity contribution in [3.05, 3.63) is 23.8 Å². The topological polar surface area (TPSA) is 93.5 Å². The summed E-state index contributed by atoms with van der Waals surface area (Å²) in [5.74, 6) is -0.00170. The Bertz CT molecular complexity index is 446. The second-order valence-electron chi connectivity index (χ2n) is 3.60. The van der Waals surface area contributed by atoms with Crippen molar-refractivity contribution in [1.82, 2.24) is 10.6 Å². The molecule has 6 heteroatoms. The van der Waals surface area contributed by atoms with E-state index in [2.05, 4.69) is 10.6 Å². The number of ether oxygens (including phenoxy) is 1. The normalized spacial score (nSPS) is 9.67. The molecule has 0 heterocycles. The van der Waals surface area contributed by atoms with Crippen LogP contribution in [-0.2, 0) is 4.79 Å². The van der Waals surface area contributed by atoms with Crippen molar-refractivity contribution >= 4 is 17.5 Å². The highest BCUT2D eigenvalue weighted by molar-refractivity contribution is 6.00. The van der Waals surface area contributed by atoms with E-state index < -0.39 is 0 Å². The molecule has 0 spiro atoms. The second-order valence-corrected chi connectivity index (χ2v) is 3.60. The molecule has 1 aromatic rings. The van der Waals surface area contributed by atoms with E-state index in [0.29, 0.717) is 11.3 Å². The van der Waals surface area contributed by atoms with Gasteiger partial charge >= 0.3 is 0 Å². The van der Waals surface area contributed by atoms with Gasteiger partial charge < -0.3 is 21.1 Å². The molecule has 0 unspecified atom stereocenters. The number of anilines is 1. The zero-order chi connectivity index (χ0) is 13.5. The minimum absolute atomic E-state index is 0.131. The Hall–Kier alpha value is -2.24. The number of carbonyl (C=O) groups is 2. The molecule has 98 valence electrons. The Balaban J connectivity index is 2.64. The summed E-state index contributed by atoms with van der Waals surface area (Å²) in [5.41, 5.74) is 6.42. The minimum atomic E-state index is -0.324. The highest BCUT2D eigenvalue weighted by atomic mass is 16.5. The van der Waals surface area contributed by atoms with Crippen molar-refractivity contribution in [2.24, 2.45) is 0 Å². The van der Waals surface area contributed by atoms with E-state index in [1.807, 2.05) is 0 Å². The molecule has 18 heavy (non-hydrogen) atoms. The van der Waals surface area contributed by atoms with Crippen molar-refractivity contribution in [3.63, 3.8) is 0 Å². The van der Waals surface area contributed by atoms with Gasteiger partial charge in [-0.25, -0.2) is 0 Å². The van der Waals surface area contributed by atoms with Gasteiger partial charge in [0.05, 0.1) is 18.4 Å². The zero-order valence-electron chi connectivity index (χ0n) is 10.4. The Kier molecular flexibility index (Phi) is 4.98. The van der Waals surface area contributed by atoms with Crippen LogP contribution in [-0.4, -0.2) is 32.5 Å². The summed E-state index contributed by atoms with van der Waals surface area (Å²) < 4.78 is 5.03. The molecule has 0 aliphatic rings. The molecule has 4 N–H and O–H groups in total. The first-order valence-corrected chi connectivity index (χ1v) is 5.51. The number of methoxy groups -OCH3 is 1. The number of hydrogen-bond donors (Lipinski definition) is 3. The van der Waals surface area contributed by atoms with E-state index in [4.69, 9.17) is 10.5 Å². The molecule has 2 amide bonds. The predicted octanol–water partition coefficient (Wildman–Crippen LogP) is 0.143. The fourth-order valence-corrected chi connectivity index (χ4v) is 1.43. The maximum atomic E-state index is 11.8. The first-order chi connectivity index (χ1) is 8.60. The average Bonchev–Trinajstić information content (AvgIpc) is 2.38. The van der Waals surface area contributed by atoms with Crippen LogP contribution in [0.4, 0.5) is 5.69 Å². The van der Waals surface area contributed by atoms with E-state index in [1.165, 1.54) is 7.11 Å². The predicted molar refractivity (Wildman–Crippen MR) is 68.4 cm³/mol. The van der Waals surface area contributed by atoms with Crippen LogP contribution in [0.3, 0.4) is 0 Å². The van der Waals surface area contributed by atoms with E-state index in [9.17, 15) is 9.59 Å². The summed E-state index contributed by atoms with van der Waals surface area (Å²) in [6.45, 7) is 0.259. The highest BCUT2D eigenvalue weighted by Crippen LogP contribution is 2.24. The first kappa shape index (κ1) is 13.8. The minimum Gasteiger partial charge on any atom is -0.495 e. The molecular formula is C12H17N3O3. The summed E-state index contributed by atoms with van der Waals surface area (Å²) in [4.78, 5) is 22.8. The first-order valence-electron chi connectivity index (χ1n) is 5.51. The summed E-state index contributed by atoms with van der Waals surface area (Å²) >= 11 is 0. The Morgan fingerprint density at radius 2 is 2.11 bits per heavy atom. The number of para-hydroxylation sites is 1. The number of hydrogen-bond acceptors (Lipinski definition) is 4. The maximum Gasteiger partial charge on any atom is 0.253 e. The number of nitrogens with one attached hydrogen (secondary N) is 2. The van der Waals surface area contributed by atoms with E-state index in [1.54, 1.807) is 25.2 Å². The molecule has 6 nitrogen and oxygen atoms in total. The standard InChI is InChI=1S/C12H17N3O3/c1-14-10(16)6-7-15-12(17)8-4-3-5-9(18-2)11(8)13/h3-5H,6-7,13H2,1-2H3,(H,14,16)(H,15,17). The van der Waals surface area contributed by atoms with Gasteiger partial charge in [-0.05, 0) is 12.1 Å². The monoisotopic (exact) mass is 251 g/mol. The molecule has 0 aliphatic carbocycles. The lowest BCUT2D eigenvalue weighted by Gasteiger charge is -2.10. The van der Waals surface area contributed by atoms with Crippen LogP contribution in [0.2, 0.25) is 0 Å². The second kappa shape index (κ2) is 6.48. The van der Waals surface area contributed by atoms with Crippen LogP contribution in [0.1, 0.15) is 16.8 Å². The summed E-state index contributed by atoms with van der Waals surface area (Å²) in [5, 5.41) is 5.09. The smallest absolute Gasteiger partial charge is 0.253 e. The van der Waals surface area contributed by atoms with Crippen LogP contribution >= 0.6 is 0 Å². The quantitative estimate of drug-likeness (QED) is 0.649. The van der Waals surface area contributed by atoms with E-state index in [-0.39, 0.29) is 30.5 Å². The molecule has 0 bridgehead atoms. The third-order valence-electron chi connectivity index (χ3n) is 2.45. The molecule has 0 fully saturated rings. The van der Waals surface area contributed by atoms with Gasteiger partial charge in [0, 0.05) is 20.0 Å². The van der Waals surface area contributed by atoms with Crippen LogP contribution in [0.5, 0.6) is 5.75 Å². The van der Waals surface area contributed by atoms with Gasteiger partial charge in [0.25, 0.3) is 5.91 Å². The van der Waals surface area contributed by atoms with E-state index in [0.717, 1.165) is 0 Å². The zero-order valence-corrected chi connectivity index (χ0v) is 10.4. The van der Waals surface area contributed by atoms with Gasteiger partial charge in [-0.1, -0.05) is 6.07 Å². The molecule has 1 aromatic carbocycles. The van der Waals surface area contributed by atoms with Crippen molar-refractivity contribution in [1.29, 1.82) is 0 Å². The third kappa shape index (κ3) is 3.38. The van der Waals surface area contributed by atoms with Crippen LogP contribution in [0, 0.1) is 0 Å². The van der Waals surface area contributed by atoms with Crippen LogP contribution in [0.25, 0.3) is 0 Å². The molecule has 0 aromatic heterocycles. The van der Waals surface area contributed by atoms with Gasteiger partial charge in [0.1, 0.15) is 5.75 Å². The molecule has 1 rings (SSSR count). The van der Waals surface area contributed by atoms with Crippen molar-refractivity contribution in [2.75, 3.05) is 26.4 Å². The number of carbonyl (C=O) groups excluding carboxylic acids is 2. The van der Waals surface area contributed by atoms with Crippen molar-refractivity contribution in [3.8, 4) is 5.75 Å². The van der Waals surface area contributed by atoms with Crippen LogP contribution < -0.4 is 21.1 Å². The SMILES string of the molecule is CNC(=O)CCNC(=O)c1cccc(OC)c1N. The number of nitrogen functional groups attached to an aromatic ring is 1. The number of amides is 2. The number of rotatable bonds is 5. The third-order valence-corrected chi connectivity index (χ3v) is 2.45. The highest BCUT2D eigenvalue weighted by Gasteiger charge is 2.12. The lowest BCUT2D eigenvalue weighted by atomic mass is 10.1. The number of nitrogens with two attached hydrogens (primary N) is 1. The van der Waals surface area contributed by atoms with Gasteiger partial charge in [-0.3, -0.25) is 9.59 Å². The summed E-state index contributed by atoms with van der Waals surface area (Å²) in [6, 6.07) is 4.96. The summed E-state index contributed by atoms with van der Waals surface area (Å²) in [6.07, 6.45) is 0.228. The Morgan fingerprint density at radius 3 is 2.72 bits per heavy atom. The lowest BCUT2D eigenvalue weighted by molar-refractivity contribution is -0.120. The Labute approximate surface area is 105 Å². The van der Waals surface area contributed by atoms with Gasteiger partial charge in [0.2, 0.25) is 5.91 Å². The van der Waals surface area contributed by atoms with E-state index >= 15 is 0 Å². The molecule has 0 saturated heterocycles. The fourth-order valence-electron chi connectivity index (χ4n) is 1.43.